The summed E-state index contributed by atoms with van der Waals surface area (Å²) in [6, 6.07) is 0. The molecule has 0 aromatic carbocycles. The van der Waals surface area contributed by atoms with E-state index >= 15 is 0 Å². The van der Waals surface area contributed by atoms with Gasteiger partial charge in [0, 0.05) is 6.42 Å². The van der Waals surface area contributed by atoms with Crippen LogP contribution in [-0.2, 0) is 9.53 Å². The third-order valence-corrected chi connectivity index (χ3v) is 3.87. The Morgan fingerprint density at radius 3 is 1.95 bits per heavy atom. The zero-order valence-corrected chi connectivity index (χ0v) is 14.1. The van der Waals surface area contributed by atoms with Crippen LogP contribution in [-0.4, -0.2) is 12.1 Å². The van der Waals surface area contributed by atoms with E-state index in [2.05, 4.69) is 20.8 Å². The molecule has 0 fully saturated rings. The van der Waals surface area contributed by atoms with Crippen LogP contribution in [0.4, 0.5) is 0 Å². The van der Waals surface area contributed by atoms with Crippen LogP contribution in [0.2, 0.25) is 0 Å². The zero-order valence-electron chi connectivity index (χ0n) is 14.1. The Morgan fingerprint density at radius 2 is 1.35 bits per heavy atom. The van der Waals surface area contributed by atoms with E-state index in [0.29, 0.717) is 6.42 Å². The molecule has 0 rings (SSSR count). The van der Waals surface area contributed by atoms with Gasteiger partial charge in [-0.25, -0.2) is 0 Å². The number of carbonyl (C=O) groups excluding carboxylic acids is 1. The van der Waals surface area contributed by atoms with Gasteiger partial charge in [-0.2, -0.15) is 0 Å². The fraction of sp³-hybridized carbons (Fsp3) is 0.944. The highest BCUT2D eigenvalue weighted by Crippen LogP contribution is 2.13. The molecule has 0 aromatic rings. The fourth-order valence-electron chi connectivity index (χ4n) is 2.44. The lowest BCUT2D eigenvalue weighted by molar-refractivity contribution is -0.149. The Balaban J connectivity index is 3.50. The van der Waals surface area contributed by atoms with E-state index in [1.54, 1.807) is 0 Å². The molecule has 1 atom stereocenters. The van der Waals surface area contributed by atoms with Gasteiger partial charge < -0.3 is 4.74 Å². The summed E-state index contributed by atoms with van der Waals surface area (Å²) in [5.41, 5.74) is 0. The van der Waals surface area contributed by atoms with E-state index in [4.69, 9.17) is 4.74 Å². The first kappa shape index (κ1) is 19.5. The van der Waals surface area contributed by atoms with Gasteiger partial charge in [0.05, 0.1) is 0 Å². The second-order valence-electron chi connectivity index (χ2n) is 5.89. The van der Waals surface area contributed by atoms with Gasteiger partial charge in [-0.1, -0.05) is 72.1 Å². The number of hydrogen-bond acceptors (Lipinski definition) is 2. The molecule has 0 aliphatic heterocycles. The highest BCUT2D eigenvalue weighted by Gasteiger charge is 2.11. The monoisotopic (exact) mass is 284 g/mol. The molecule has 2 nitrogen and oxygen atoms in total. The Hall–Kier alpha value is -0.530. The molecule has 0 saturated carbocycles. The van der Waals surface area contributed by atoms with Crippen LogP contribution in [0.5, 0.6) is 0 Å². The average molecular weight is 284 g/mol. The topological polar surface area (TPSA) is 26.3 Å². The molecule has 0 spiro atoms. The van der Waals surface area contributed by atoms with Gasteiger partial charge in [-0.15, -0.1) is 0 Å². The van der Waals surface area contributed by atoms with E-state index in [9.17, 15) is 4.79 Å². The maximum atomic E-state index is 11.8. The van der Waals surface area contributed by atoms with Gasteiger partial charge >= 0.3 is 5.97 Å². The first-order chi connectivity index (χ1) is 9.74. The van der Waals surface area contributed by atoms with Gasteiger partial charge in [0.2, 0.25) is 0 Å². The minimum Gasteiger partial charge on any atom is -0.462 e. The Labute approximate surface area is 126 Å². The highest BCUT2D eigenvalue weighted by atomic mass is 16.5. The number of esters is 1. The normalized spacial score (nSPS) is 12.3. The summed E-state index contributed by atoms with van der Waals surface area (Å²) in [6.45, 7) is 6.55. The molecule has 0 aliphatic carbocycles. The van der Waals surface area contributed by atoms with Crippen molar-refractivity contribution in [1.29, 1.82) is 0 Å². The first-order valence-corrected chi connectivity index (χ1v) is 8.94. The van der Waals surface area contributed by atoms with Gasteiger partial charge in [0.25, 0.3) is 0 Å². The fourth-order valence-corrected chi connectivity index (χ4v) is 2.44. The third-order valence-electron chi connectivity index (χ3n) is 3.87. The van der Waals surface area contributed by atoms with Crippen LogP contribution in [0.15, 0.2) is 0 Å². The SMILES string of the molecule is CCCCCCCCCC(=O)OC(CC)CCCCC. The van der Waals surface area contributed by atoms with Gasteiger partial charge in [-0.05, 0) is 25.7 Å². The molecule has 1 unspecified atom stereocenters. The summed E-state index contributed by atoms with van der Waals surface area (Å²) in [6.07, 6.45) is 15.1. The summed E-state index contributed by atoms with van der Waals surface area (Å²) in [4.78, 5) is 11.8. The number of unbranched alkanes of at least 4 members (excludes halogenated alkanes) is 8. The predicted octanol–water partition coefficient (Wildman–Crippen LogP) is 6.03. The molecule has 0 N–H and O–H groups in total. The van der Waals surface area contributed by atoms with Crippen molar-refractivity contribution >= 4 is 5.97 Å². The van der Waals surface area contributed by atoms with Crippen molar-refractivity contribution in [2.24, 2.45) is 0 Å². The van der Waals surface area contributed by atoms with E-state index < -0.39 is 0 Å². The molecule has 0 radical (unpaired) electrons. The Bertz CT molecular complexity index is 213. The van der Waals surface area contributed by atoms with Crippen molar-refractivity contribution in [3.05, 3.63) is 0 Å². The molecule has 0 amide bonds. The van der Waals surface area contributed by atoms with Crippen LogP contribution < -0.4 is 0 Å². The van der Waals surface area contributed by atoms with Gasteiger partial charge in [-0.3, -0.25) is 4.79 Å². The van der Waals surface area contributed by atoms with Gasteiger partial charge in [0.15, 0.2) is 0 Å². The molecule has 0 bridgehead atoms. The molecule has 0 aliphatic rings. The van der Waals surface area contributed by atoms with Crippen molar-refractivity contribution in [2.75, 3.05) is 0 Å². The smallest absolute Gasteiger partial charge is 0.306 e. The third kappa shape index (κ3) is 12.5. The molecule has 2 heteroatoms. The summed E-state index contributed by atoms with van der Waals surface area (Å²) in [5.74, 6) is 0.0157. The molecule has 0 aromatic heterocycles. The lowest BCUT2D eigenvalue weighted by Gasteiger charge is -2.16. The largest absolute Gasteiger partial charge is 0.462 e. The molecule has 120 valence electrons. The predicted molar refractivity (Wildman–Crippen MR) is 86.9 cm³/mol. The quantitative estimate of drug-likeness (QED) is 0.287. The maximum Gasteiger partial charge on any atom is 0.306 e. The molecular weight excluding hydrogens is 248 g/mol. The second-order valence-corrected chi connectivity index (χ2v) is 5.89. The first-order valence-electron chi connectivity index (χ1n) is 8.94. The second kappa shape index (κ2) is 14.9. The van der Waals surface area contributed by atoms with Crippen molar-refractivity contribution in [2.45, 2.75) is 110 Å². The molecular formula is C18H36O2. The average Bonchev–Trinajstić information content (AvgIpc) is 2.45. The van der Waals surface area contributed by atoms with E-state index in [0.717, 1.165) is 19.3 Å². The molecule has 20 heavy (non-hydrogen) atoms. The van der Waals surface area contributed by atoms with Crippen LogP contribution in [0, 0.1) is 0 Å². The summed E-state index contributed by atoms with van der Waals surface area (Å²) >= 11 is 0. The summed E-state index contributed by atoms with van der Waals surface area (Å²) < 4.78 is 5.55. The van der Waals surface area contributed by atoms with Crippen LogP contribution in [0.3, 0.4) is 0 Å². The highest BCUT2D eigenvalue weighted by molar-refractivity contribution is 5.69. The number of rotatable bonds is 14. The summed E-state index contributed by atoms with van der Waals surface area (Å²) in [7, 11) is 0. The van der Waals surface area contributed by atoms with Crippen LogP contribution >= 0.6 is 0 Å². The zero-order chi connectivity index (χ0) is 15.1. The van der Waals surface area contributed by atoms with Gasteiger partial charge in [0.1, 0.15) is 6.10 Å². The summed E-state index contributed by atoms with van der Waals surface area (Å²) in [5, 5.41) is 0. The lowest BCUT2D eigenvalue weighted by atomic mass is 10.1. The van der Waals surface area contributed by atoms with Crippen molar-refractivity contribution in [1.82, 2.24) is 0 Å². The number of carbonyl (C=O) groups is 1. The van der Waals surface area contributed by atoms with Crippen molar-refractivity contribution < 1.29 is 9.53 Å². The number of hydrogen-bond donors (Lipinski definition) is 0. The molecule has 0 saturated heterocycles. The lowest BCUT2D eigenvalue weighted by Crippen LogP contribution is -2.17. The van der Waals surface area contributed by atoms with E-state index in [1.807, 2.05) is 0 Å². The van der Waals surface area contributed by atoms with Crippen molar-refractivity contribution in [3.8, 4) is 0 Å². The van der Waals surface area contributed by atoms with Crippen LogP contribution in [0.25, 0.3) is 0 Å². The Morgan fingerprint density at radius 1 is 0.800 bits per heavy atom. The minimum atomic E-state index is 0.0157. The Kier molecular flexibility index (Phi) is 14.5. The number of ether oxygens (including phenoxy) is 1. The molecule has 0 heterocycles. The minimum absolute atomic E-state index is 0.0157. The van der Waals surface area contributed by atoms with E-state index in [-0.39, 0.29) is 12.1 Å². The van der Waals surface area contributed by atoms with Crippen LogP contribution in [0.1, 0.15) is 104 Å². The van der Waals surface area contributed by atoms with Crippen molar-refractivity contribution in [3.63, 3.8) is 0 Å². The maximum absolute atomic E-state index is 11.8. The standard InChI is InChI=1S/C18H36O2/c1-4-7-9-10-11-12-14-16-18(19)20-17(6-3)15-13-8-5-2/h17H,4-16H2,1-3H3. The van der Waals surface area contributed by atoms with E-state index in [1.165, 1.54) is 57.8 Å².